The van der Waals surface area contributed by atoms with E-state index in [2.05, 4.69) is 12.2 Å². The maximum Gasteiger partial charge on any atom is 0.263 e. The van der Waals surface area contributed by atoms with Crippen molar-refractivity contribution in [1.29, 1.82) is 0 Å². The third-order valence-electron chi connectivity index (χ3n) is 3.75. The van der Waals surface area contributed by atoms with Crippen LogP contribution in [0.1, 0.15) is 30.1 Å². The van der Waals surface area contributed by atoms with Crippen LogP contribution >= 0.6 is 10.7 Å². The van der Waals surface area contributed by atoms with Crippen LogP contribution in [-0.2, 0) is 9.05 Å². The van der Waals surface area contributed by atoms with E-state index in [0.717, 1.165) is 12.8 Å². The molecule has 1 aromatic carbocycles. The van der Waals surface area contributed by atoms with Crippen LogP contribution in [0.5, 0.6) is 0 Å². The third-order valence-corrected chi connectivity index (χ3v) is 5.10. The van der Waals surface area contributed by atoms with Crippen molar-refractivity contribution in [2.24, 2.45) is 5.41 Å². The van der Waals surface area contributed by atoms with Crippen molar-refractivity contribution in [1.82, 2.24) is 5.32 Å². The molecule has 1 aliphatic carbocycles. The minimum atomic E-state index is -3.91. The number of halogens is 1. The Morgan fingerprint density at radius 1 is 1.38 bits per heavy atom. The predicted molar refractivity (Wildman–Crippen MR) is 83.5 cm³/mol. The van der Waals surface area contributed by atoms with Crippen molar-refractivity contribution < 1.29 is 13.2 Å². The molecule has 1 aliphatic rings. The molecule has 1 fully saturated rings. The molecule has 0 spiro atoms. The first kappa shape index (κ1) is 16.1. The van der Waals surface area contributed by atoms with Crippen LogP contribution in [0, 0.1) is 5.41 Å². The summed E-state index contributed by atoms with van der Waals surface area (Å²) in [6, 6.07) is 4.51. The van der Waals surface area contributed by atoms with E-state index in [0.29, 0.717) is 17.8 Å². The van der Waals surface area contributed by atoms with Crippen molar-refractivity contribution in [2.45, 2.75) is 24.7 Å². The van der Waals surface area contributed by atoms with Crippen molar-refractivity contribution in [3.05, 3.63) is 23.8 Å². The van der Waals surface area contributed by atoms with Gasteiger partial charge in [-0.1, -0.05) is 6.92 Å². The fourth-order valence-electron chi connectivity index (χ4n) is 2.01. The highest BCUT2D eigenvalue weighted by atomic mass is 35.7. The van der Waals surface area contributed by atoms with E-state index in [1.165, 1.54) is 6.07 Å². The number of benzene rings is 1. The zero-order valence-corrected chi connectivity index (χ0v) is 13.9. The van der Waals surface area contributed by atoms with Crippen LogP contribution in [-0.4, -0.2) is 35.0 Å². The molecule has 116 valence electrons. The van der Waals surface area contributed by atoms with Gasteiger partial charge in [-0.2, -0.15) is 0 Å². The Morgan fingerprint density at radius 2 is 2.00 bits per heavy atom. The molecule has 0 radical (unpaired) electrons. The van der Waals surface area contributed by atoms with Gasteiger partial charge in [0, 0.05) is 36.9 Å². The smallest absolute Gasteiger partial charge is 0.263 e. The van der Waals surface area contributed by atoms with E-state index in [1.807, 2.05) is 0 Å². The van der Waals surface area contributed by atoms with Gasteiger partial charge in [-0.05, 0) is 36.5 Å². The van der Waals surface area contributed by atoms with Gasteiger partial charge in [-0.15, -0.1) is 0 Å². The van der Waals surface area contributed by atoms with Gasteiger partial charge in [0.05, 0.1) is 5.69 Å². The number of rotatable bonds is 5. The molecule has 21 heavy (non-hydrogen) atoms. The highest BCUT2D eigenvalue weighted by Gasteiger charge is 2.37. The van der Waals surface area contributed by atoms with Gasteiger partial charge < -0.3 is 10.2 Å². The van der Waals surface area contributed by atoms with Crippen molar-refractivity contribution >= 4 is 31.3 Å². The van der Waals surface area contributed by atoms with Gasteiger partial charge in [-0.25, -0.2) is 8.42 Å². The summed E-state index contributed by atoms with van der Waals surface area (Å²) in [5.41, 5.74) is 0.945. The first-order chi connectivity index (χ1) is 9.62. The van der Waals surface area contributed by atoms with Crippen LogP contribution in [0.4, 0.5) is 5.69 Å². The van der Waals surface area contributed by atoms with Crippen LogP contribution in [0.2, 0.25) is 0 Å². The Balaban J connectivity index is 2.26. The maximum atomic E-state index is 12.1. The molecule has 0 heterocycles. The number of hydrogen-bond acceptors (Lipinski definition) is 4. The van der Waals surface area contributed by atoms with E-state index >= 15 is 0 Å². The SMILES string of the molecule is CN(C)c1ccc(C(=O)NCC2(C)CC2)cc1S(=O)(=O)Cl. The molecule has 7 heteroatoms. The van der Waals surface area contributed by atoms with Crippen molar-refractivity contribution in [2.75, 3.05) is 25.5 Å². The number of carbonyl (C=O) groups is 1. The van der Waals surface area contributed by atoms with Crippen LogP contribution < -0.4 is 10.2 Å². The van der Waals surface area contributed by atoms with E-state index in [4.69, 9.17) is 10.7 Å². The van der Waals surface area contributed by atoms with E-state index in [-0.39, 0.29) is 16.2 Å². The Morgan fingerprint density at radius 3 is 2.48 bits per heavy atom. The average molecular weight is 331 g/mol. The molecule has 0 unspecified atom stereocenters. The zero-order valence-electron chi connectivity index (χ0n) is 12.3. The minimum absolute atomic E-state index is 0.0561. The number of carbonyl (C=O) groups excluding carboxylic acids is 1. The quantitative estimate of drug-likeness (QED) is 0.841. The number of amides is 1. The molecule has 0 atom stereocenters. The fraction of sp³-hybridized carbons (Fsp3) is 0.500. The monoisotopic (exact) mass is 330 g/mol. The van der Waals surface area contributed by atoms with Gasteiger partial charge in [0.2, 0.25) is 0 Å². The lowest BCUT2D eigenvalue weighted by atomic mass is 10.1. The molecule has 1 N–H and O–H groups in total. The van der Waals surface area contributed by atoms with Crippen LogP contribution in [0.15, 0.2) is 23.1 Å². The summed E-state index contributed by atoms with van der Waals surface area (Å²) in [6.45, 7) is 2.71. The molecule has 0 saturated heterocycles. The number of hydrogen-bond donors (Lipinski definition) is 1. The molecule has 0 bridgehead atoms. The van der Waals surface area contributed by atoms with Crippen molar-refractivity contribution in [3.63, 3.8) is 0 Å². The van der Waals surface area contributed by atoms with Gasteiger partial charge in [0.1, 0.15) is 4.90 Å². The highest BCUT2D eigenvalue weighted by molar-refractivity contribution is 8.13. The Bertz CT molecular complexity index is 667. The summed E-state index contributed by atoms with van der Waals surface area (Å²) in [5, 5.41) is 2.84. The second kappa shape index (κ2) is 5.50. The Labute approximate surface area is 129 Å². The Hall–Kier alpha value is -1.27. The second-order valence-corrected chi connectivity index (χ2v) is 8.54. The molecule has 1 saturated carbocycles. The molecule has 0 aliphatic heterocycles. The zero-order chi connectivity index (χ0) is 15.8. The standard InChI is InChI=1S/C14H19ClN2O3S/c1-14(6-7-14)9-16-13(18)10-4-5-11(17(2)3)12(8-10)21(15,19)20/h4-5,8H,6-7,9H2,1-3H3,(H,16,18). The third kappa shape index (κ3) is 3.89. The molecule has 1 aromatic rings. The molecule has 5 nitrogen and oxygen atoms in total. The van der Waals surface area contributed by atoms with Crippen LogP contribution in [0.3, 0.4) is 0 Å². The normalized spacial score (nSPS) is 16.4. The maximum absolute atomic E-state index is 12.1. The Kier molecular flexibility index (Phi) is 4.22. The highest BCUT2D eigenvalue weighted by Crippen LogP contribution is 2.44. The summed E-state index contributed by atoms with van der Waals surface area (Å²) in [6.07, 6.45) is 2.21. The predicted octanol–water partition coefficient (Wildman–Crippen LogP) is 2.21. The van der Waals surface area contributed by atoms with E-state index < -0.39 is 9.05 Å². The molecular weight excluding hydrogens is 312 g/mol. The largest absolute Gasteiger partial charge is 0.377 e. The summed E-state index contributed by atoms with van der Waals surface area (Å²) >= 11 is 0. The summed E-state index contributed by atoms with van der Waals surface area (Å²) in [4.78, 5) is 13.7. The number of nitrogens with one attached hydrogen (secondary N) is 1. The summed E-state index contributed by atoms with van der Waals surface area (Å²) < 4.78 is 23.3. The van der Waals surface area contributed by atoms with Gasteiger partial charge in [-0.3, -0.25) is 4.79 Å². The molecule has 0 aromatic heterocycles. The lowest BCUT2D eigenvalue weighted by Crippen LogP contribution is -2.29. The first-order valence-corrected chi connectivity index (χ1v) is 8.98. The number of nitrogens with zero attached hydrogens (tertiary/aromatic N) is 1. The minimum Gasteiger partial charge on any atom is -0.377 e. The summed E-state index contributed by atoms with van der Waals surface area (Å²) in [5.74, 6) is -0.282. The lowest BCUT2D eigenvalue weighted by Gasteiger charge is -2.17. The first-order valence-electron chi connectivity index (χ1n) is 6.67. The molecule has 1 amide bonds. The summed E-state index contributed by atoms with van der Waals surface area (Å²) in [7, 11) is 4.98. The van der Waals surface area contributed by atoms with Gasteiger partial charge in [0.25, 0.3) is 15.0 Å². The van der Waals surface area contributed by atoms with Gasteiger partial charge in [0.15, 0.2) is 0 Å². The topological polar surface area (TPSA) is 66.5 Å². The van der Waals surface area contributed by atoms with E-state index in [9.17, 15) is 13.2 Å². The lowest BCUT2D eigenvalue weighted by molar-refractivity contribution is 0.0946. The van der Waals surface area contributed by atoms with Crippen molar-refractivity contribution in [3.8, 4) is 0 Å². The fourth-order valence-corrected chi connectivity index (χ4v) is 3.14. The number of anilines is 1. The average Bonchev–Trinajstić information content (AvgIpc) is 3.12. The second-order valence-electron chi connectivity index (χ2n) is 6.01. The van der Waals surface area contributed by atoms with E-state index in [1.54, 1.807) is 31.1 Å². The molecular formula is C14H19ClN2O3S. The molecule has 2 rings (SSSR count). The van der Waals surface area contributed by atoms with Crippen LogP contribution in [0.25, 0.3) is 0 Å². The van der Waals surface area contributed by atoms with Gasteiger partial charge >= 0.3 is 0 Å².